The maximum absolute atomic E-state index is 3.73. The molecule has 0 radical (unpaired) electrons. The van der Waals surface area contributed by atoms with Gasteiger partial charge in [0, 0.05) is 30.5 Å². The molecule has 2 heteroatoms. The molecular formula is C15H20N2. The SMILES string of the molecule is Cn1cc2c3c1CCC=C3C1CCCNC1C2. The van der Waals surface area contributed by atoms with Crippen LogP contribution in [-0.4, -0.2) is 17.2 Å². The van der Waals surface area contributed by atoms with Crippen molar-refractivity contribution in [3.05, 3.63) is 29.1 Å². The van der Waals surface area contributed by atoms with Crippen LogP contribution in [0.3, 0.4) is 0 Å². The Morgan fingerprint density at radius 2 is 2.35 bits per heavy atom. The molecule has 1 saturated heterocycles. The van der Waals surface area contributed by atoms with Crippen LogP contribution >= 0.6 is 0 Å². The highest BCUT2D eigenvalue weighted by Gasteiger charge is 2.37. The summed E-state index contributed by atoms with van der Waals surface area (Å²) in [6.45, 7) is 1.21. The van der Waals surface area contributed by atoms with Crippen LogP contribution in [-0.2, 0) is 19.9 Å². The van der Waals surface area contributed by atoms with Gasteiger partial charge in [-0.2, -0.15) is 0 Å². The lowest BCUT2D eigenvalue weighted by Gasteiger charge is -2.39. The Bertz CT molecular complexity index is 495. The average Bonchev–Trinajstić information content (AvgIpc) is 2.68. The molecule has 0 spiro atoms. The van der Waals surface area contributed by atoms with E-state index < -0.39 is 0 Å². The van der Waals surface area contributed by atoms with Crippen LogP contribution in [0, 0.1) is 5.92 Å². The van der Waals surface area contributed by atoms with Gasteiger partial charge >= 0.3 is 0 Å². The lowest BCUT2D eigenvalue weighted by Crippen LogP contribution is -2.45. The first-order chi connectivity index (χ1) is 8.34. The van der Waals surface area contributed by atoms with Gasteiger partial charge < -0.3 is 9.88 Å². The summed E-state index contributed by atoms with van der Waals surface area (Å²) in [4.78, 5) is 0. The molecule has 90 valence electrons. The van der Waals surface area contributed by atoms with E-state index >= 15 is 0 Å². The predicted molar refractivity (Wildman–Crippen MR) is 69.9 cm³/mol. The number of rotatable bonds is 0. The summed E-state index contributed by atoms with van der Waals surface area (Å²) >= 11 is 0. The highest BCUT2D eigenvalue weighted by molar-refractivity contribution is 5.76. The first-order valence-electron chi connectivity index (χ1n) is 6.95. The van der Waals surface area contributed by atoms with Crippen molar-refractivity contribution in [2.75, 3.05) is 6.54 Å². The summed E-state index contributed by atoms with van der Waals surface area (Å²) in [5, 5.41) is 3.73. The smallest absolute Gasteiger partial charge is 0.0253 e. The molecule has 17 heavy (non-hydrogen) atoms. The Morgan fingerprint density at radius 1 is 1.41 bits per heavy atom. The largest absolute Gasteiger partial charge is 0.354 e. The number of allylic oxidation sites excluding steroid dienone is 1. The second-order valence-electron chi connectivity index (χ2n) is 5.80. The fraction of sp³-hybridized carbons (Fsp3) is 0.600. The molecule has 4 rings (SSSR count). The van der Waals surface area contributed by atoms with E-state index in [1.54, 1.807) is 22.4 Å². The van der Waals surface area contributed by atoms with E-state index in [0.29, 0.717) is 6.04 Å². The van der Waals surface area contributed by atoms with E-state index in [2.05, 4.69) is 29.2 Å². The molecule has 1 fully saturated rings. The highest BCUT2D eigenvalue weighted by Crippen LogP contribution is 2.44. The van der Waals surface area contributed by atoms with Gasteiger partial charge in [-0.05, 0) is 55.7 Å². The van der Waals surface area contributed by atoms with Crippen LogP contribution in [0.15, 0.2) is 12.3 Å². The lowest BCUT2D eigenvalue weighted by atomic mass is 9.71. The zero-order valence-corrected chi connectivity index (χ0v) is 10.5. The quantitative estimate of drug-likeness (QED) is 0.721. The van der Waals surface area contributed by atoms with E-state index in [1.807, 2.05) is 0 Å². The minimum absolute atomic E-state index is 0.704. The number of fused-ring (bicyclic) bond motifs is 2. The third-order valence-electron chi connectivity index (χ3n) is 4.84. The van der Waals surface area contributed by atoms with Crippen LogP contribution in [0.25, 0.3) is 5.57 Å². The number of nitrogens with one attached hydrogen (secondary N) is 1. The molecule has 1 aromatic heterocycles. The Morgan fingerprint density at radius 3 is 3.29 bits per heavy atom. The van der Waals surface area contributed by atoms with E-state index in [4.69, 9.17) is 0 Å². The summed E-state index contributed by atoms with van der Waals surface area (Å²) in [7, 11) is 2.22. The van der Waals surface area contributed by atoms with Crippen LogP contribution in [0.2, 0.25) is 0 Å². The first-order valence-corrected chi connectivity index (χ1v) is 6.95. The monoisotopic (exact) mass is 228 g/mol. The zero-order valence-electron chi connectivity index (χ0n) is 10.5. The molecule has 2 heterocycles. The maximum Gasteiger partial charge on any atom is 0.0253 e. The van der Waals surface area contributed by atoms with E-state index in [1.165, 1.54) is 38.6 Å². The Labute approximate surface area is 103 Å². The van der Waals surface area contributed by atoms with E-state index in [-0.39, 0.29) is 0 Å². The molecule has 3 aliphatic rings. The van der Waals surface area contributed by atoms with Gasteiger partial charge in [0.25, 0.3) is 0 Å². The second kappa shape index (κ2) is 3.49. The van der Waals surface area contributed by atoms with Crippen LogP contribution < -0.4 is 5.32 Å². The number of hydrogen-bond donors (Lipinski definition) is 1. The number of piperidine rings is 1. The van der Waals surface area contributed by atoms with Gasteiger partial charge in [-0.3, -0.25) is 0 Å². The summed E-state index contributed by atoms with van der Waals surface area (Å²) in [6.07, 6.45) is 11.3. The number of hydrogen-bond acceptors (Lipinski definition) is 1. The summed E-state index contributed by atoms with van der Waals surface area (Å²) in [5.41, 5.74) is 6.47. The molecule has 0 amide bonds. The van der Waals surface area contributed by atoms with E-state index in [0.717, 1.165) is 5.92 Å². The van der Waals surface area contributed by atoms with E-state index in [9.17, 15) is 0 Å². The van der Waals surface area contributed by atoms with Crippen molar-refractivity contribution < 1.29 is 0 Å². The van der Waals surface area contributed by atoms with Crippen LogP contribution in [0.1, 0.15) is 36.1 Å². The molecular weight excluding hydrogens is 208 g/mol. The van der Waals surface area contributed by atoms with Gasteiger partial charge in [-0.15, -0.1) is 0 Å². The molecule has 1 aliphatic heterocycles. The third-order valence-corrected chi connectivity index (χ3v) is 4.84. The van der Waals surface area contributed by atoms with Crippen molar-refractivity contribution >= 4 is 5.57 Å². The first kappa shape index (κ1) is 9.95. The Balaban J connectivity index is 1.89. The van der Waals surface area contributed by atoms with Crippen LogP contribution in [0.4, 0.5) is 0 Å². The molecule has 2 unspecified atom stereocenters. The van der Waals surface area contributed by atoms with Gasteiger partial charge in [0.15, 0.2) is 0 Å². The summed E-state index contributed by atoms with van der Waals surface area (Å²) < 4.78 is 2.37. The number of aryl methyl sites for hydroxylation is 1. The van der Waals surface area contributed by atoms with Crippen molar-refractivity contribution in [3.8, 4) is 0 Å². The molecule has 0 bridgehead atoms. The fourth-order valence-corrected chi connectivity index (χ4v) is 4.13. The minimum atomic E-state index is 0.704. The molecule has 0 saturated carbocycles. The van der Waals surface area contributed by atoms with Crippen molar-refractivity contribution in [1.82, 2.24) is 9.88 Å². The fourth-order valence-electron chi connectivity index (χ4n) is 4.13. The Kier molecular flexibility index (Phi) is 2.04. The molecule has 2 nitrogen and oxygen atoms in total. The topological polar surface area (TPSA) is 17.0 Å². The van der Waals surface area contributed by atoms with Crippen molar-refractivity contribution in [2.45, 2.75) is 38.1 Å². The van der Waals surface area contributed by atoms with Gasteiger partial charge in [0.1, 0.15) is 0 Å². The van der Waals surface area contributed by atoms with Crippen molar-refractivity contribution in [1.29, 1.82) is 0 Å². The predicted octanol–water partition coefficient (Wildman–Crippen LogP) is 2.28. The normalized spacial score (nSPS) is 30.5. The molecule has 2 atom stereocenters. The minimum Gasteiger partial charge on any atom is -0.354 e. The number of nitrogens with zero attached hydrogens (tertiary/aromatic N) is 1. The van der Waals surface area contributed by atoms with Crippen LogP contribution in [0.5, 0.6) is 0 Å². The van der Waals surface area contributed by atoms with Gasteiger partial charge in [0.2, 0.25) is 0 Å². The molecule has 2 aliphatic carbocycles. The van der Waals surface area contributed by atoms with Crippen molar-refractivity contribution in [2.24, 2.45) is 13.0 Å². The number of aromatic nitrogens is 1. The summed E-state index contributed by atoms with van der Waals surface area (Å²) in [6, 6.07) is 0.704. The third kappa shape index (κ3) is 1.30. The molecule has 1 N–H and O–H groups in total. The van der Waals surface area contributed by atoms with Gasteiger partial charge in [-0.1, -0.05) is 6.08 Å². The van der Waals surface area contributed by atoms with Crippen molar-refractivity contribution in [3.63, 3.8) is 0 Å². The maximum atomic E-state index is 3.73. The molecule has 1 aromatic rings. The lowest BCUT2D eigenvalue weighted by molar-refractivity contribution is 0.327. The van der Waals surface area contributed by atoms with Gasteiger partial charge in [-0.25, -0.2) is 0 Å². The standard InChI is InChI=1S/C15H20N2/c1-17-9-10-8-13-11(5-3-7-16-13)12-4-2-6-14(17)15(10)12/h4,9,11,13,16H,2-3,5-8H2,1H3. The van der Waals surface area contributed by atoms with Gasteiger partial charge in [0.05, 0.1) is 0 Å². The second-order valence-corrected chi connectivity index (χ2v) is 5.80. The molecule has 0 aromatic carbocycles. The summed E-state index contributed by atoms with van der Waals surface area (Å²) in [5.74, 6) is 0.790. The highest BCUT2D eigenvalue weighted by atomic mass is 15.0. The zero-order chi connectivity index (χ0) is 11.4. The average molecular weight is 228 g/mol. The Hall–Kier alpha value is -1.02.